The van der Waals surface area contributed by atoms with E-state index in [-0.39, 0.29) is 5.91 Å². The Bertz CT molecular complexity index is 510. The Morgan fingerprint density at radius 1 is 1.24 bits per heavy atom. The molecule has 0 heterocycles. The van der Waals surface area contributed by atoms with Crippen LogP contribution in [0.15, 0.2) is 12.1 Å². The molecule has 1 aromatic rings. The molecule has 5 nitrogen and oxygen atoms in total. The van der Waals surface area contributed by atoms with Crippen LogP contribution in [-0.2, 0) is 0 Å². The molecule has 1 amide bonds. The molecule has 0 aliphatic heterocycles. The molecule has 0 radical (unpaired) electrons. The van der Waals surface area contributed by atoms with Gasteiger partial charge in [0.2, 0.25) is 0 Å². The number of amides is 1. The fourth-order valence-electron chi connectivity index (χ4n) is 3.02. The highest BCUT2D eigenvalue weighted by molar-refractivity contribution is 6.00. The van der Waals surface area contributed by atoms with Gasteiger partial charge in [-0.1, -0.05) is 12.8 Å². The molecule has 2 rings (SSSR count). The third-order valence-electron chi connectivity index (χ3n) is 4.15. The van der Waals surface area contributed by atoms with Crippen LogP contribution in [0.4, 0.5) is 5.69 Å². The van der Waals surface area contributed by atoms with Gasteiger partial charge < -0.3 is 20.1 Å². The van der Waals surface area contributed by atoms with Crippen molar-refractivity contribution in [2.24, 2.45) is 0 Å². The summed E-state index contributed by atoms with van der Waals surface area (Å²) in [6, 6.07) is 3.65. The standard InChI is InChI=1S/C16H24N2O3/c1-4-18(11-7-5-6-8-11)16(19)12-9-14(20-2)15(21-3)10-13(12)17/h9-11H,4-8,17H2,1-3H3. The van der Waals surface area contributed by atoms with Crippen LogP contribution in [0, 0.1) is 0 Å². The lowest BCUT2D eigenvalue weighted by Crippen LogP contribution is -2.39. The first-order valence-electron chi connectivity index (χ1n) is 7.44. The minimum atomic E-state index is -0.0251. The summed E-state index contributed by atoms with van der Waals surface area (Å²) in [5.74, 6) is 1.04. The van der Waals surface area contributed by atoms with Crippen LogP contribution in [0.1, 0.15) is 43.0 Å². The summed E-state index contributed by atoms with van der Waals surface area (Å²) in [4.78, 5) is 14.7. The van der Waals surface area contributed by atoms with Crippen molar-refractivity contribution in [1.82, 2.24) is 4.90 Å². The minimum absolute atomic E-state index is 0.0251. The van der Waals surface area contributed by atoms with Crippen molar-refractivity contribution in [3.8, 4) is 11.5 Å². The number of methoxy groups -OCH3 is 2. The maximum absolute atomic E-state index is 12.8. The van der Waals surface area contributed by atoms with Crippen LogP contribution in [0.2, 0.25) is 0 Å². The molecule has 0 atom stereocenters. The number of benzene rings is 1. The first-order chi connectivity index (χ1) is 10.1. The van der Waals surface area contributed by atoms with E-state index in [0.717, 1.165) is 12.8 Å². The predicted octanol–water partition coefficient (Wildman–Crippen LogP) is 2.69. The van der Waals surface area contributed by atoms with E-state index in [1.165, 1.54) is 12.8 Å². The molecule has 0 spiro atoms. The van der Waals surface area contributed by atoms with Gasteiger partial charge >= 0.3 is 0 Å². The van der Waals surface area contributed by atoms with Crippen LogP contribution in [0.5, 0.6) is 11.5 Å². The van der Waals surface area contributed by atoms with Crippen LogP contribution in [0.3, 0.4) is 0 Å². The van der Waals surface area contributed by atoms with Gasteiger partial charge in [-0.05, 0) is 25.8 Å². The normalized spacial score (nSPS) is 15.0. The highest BCUT2D eigenvalue weighted by Crippen LogP contribution is 2.33. The van der Waals surface area contributed by atoms with Gasteiger partial charge in [0.1, 0.15) is 0 Å². The van der Waals surface area contributed by atoms with E-state index in [2.05, 4.69) is 0 Å². The average Bonchev–Trinajstić information content (AvgIpc) is 3.01. The fourth-order valence-corrected chi connectivity index (χ4v) is 3.02. The smallest absolute Gasteiger partial charge is 0.256 e. The zero-order valence-corrected chi connectivity index (χ0v) is 13.0. The predicted molar refractivity (Wildman–Crippen MR) is 82.9 cm³/mol. The Labute approximate surface area is 126 Å². The lowest BCUT2D eigenvalue weighted by Gasteiger charge is -2.28. The zero-order valence-electron chi connectivity index (χ0n) is 13.0. The SMILES string of the molecule is CCN(C(=O)c1cc(OC)c(OC)cc1N)C1CCCC1. The molecular formula is C16H24N2O3. The van der Waals surface area contributed by atoms with Gasteiger partial charge in [0, 0.05) is 24.3 Å². The summed E-state index contributed by atoms with van der Waals surface area (Å²) in [7, 11) is 3.10. The second-order valence-corrected chi connectivity index (χ2v) is 5.32. The van der Waals surface area contributed by atoms with Gasteiger partial charge in [-0.15, -0.1) is 0 Å². The number of hydrogen-bond donors (Lipinski definition) is 1. The number of ether oxygens (including phenoxy) is 2. The van der Waals surface area contributed by atoms with E-state index < -0.39 is 0 Å². The number of rotatable bonds is 5. The van der Waals surface area contributed by atoms with Gasteiger partial charge in [0.05, 0.1) is 19.8 Å². The summed E-state index contributed by atoms with van der Waals surface area (Å²) >= 11 is 0. The molecule has 1 aromatic carbocycles. The van der Waals surface area contributed by atoms with E-state index in [9.17, 15) is 4.79 Å². The van der Waals surface area contributed by atoms with Crippen LogP contribution in [-0.4, -0.2) is 37.6 Å². The van der Waals surface area contributed by atoms with Gasteiger partial charge in [0.15, 0.2) is 11.5 Å². The van der Waals surface area contributed by atoms with Crippen molar-refractivity contribution in [1.29, 1.82) is 0 Å². The van der Waals surface area contributed by atoms with Gasteiger partial charge in [-0.25, -0.2) is 0 Å². The first-order valence-corrected chi connectivity index (χ1v) is 7.44. The number of nitrogens with zero attached hydrogens (tertiary/aromatic N) is 1. The van der Waals surface area contributed by atoms with Crippen LogP contribution in [0.25, 0.3) is 0 Å². The average molecular weight is 292 g/mol. The van der Waals surface area contributed by atoms with E-state index in [1.54, 1.807) is 26.4 Å². The Hall–Kier alpha value is -1.91. The second kappa shape index (κ2) is 6.70. The molecule has 1 fully saturated rings. The third-order valence-corrected chi connectivity index (χ3v) is 4.15. The van der Waals surface area contributed by atoms with Crippen LogP contribution < -0.4 is 15.2 Å². The van der Waals surface area contributed by atoms with Gasteiger partial charge in [-0.3, -0.25) is 4.79 Å². The topological polar surface area (TPSA) is 64.8 Å². The Kier molecular flexibility index (Phi) is 4.94. The van der Waals surface area contributed by atoms with Crippen molar-refractivity contribution in [3.63, 3.8) is 0 Å². The molecule has 116 valence electrons. The van der Waals surface area contributed by atoms with Crippen molar-refractivity contribution in [2.75, 3.05) is 26.5 Å². The highest BCUT2D eigenvalue weighted by Gasteiger charge is 2.28. The number of carbonyl (C=O) groups is 1. The van der Waals surface area contributed by atoms with Gasteiger partial charge in [-0.2, -0.15) is 0 Å². The van der Waals surface area contributed by atoms with Crippen molar-refractivity contribution in [3.05, 3.63) is 17.7 Å². The summed E-state index contributed by atoms with van der Waals surface area (Å²) in [5.41, 5.74) is 6.94. The Morgan fingerprint density at radius 2 is 1.81 bits per heavy atom. The maximum atomic E-state index is 12.8. The molecule has 1 aliphatic rings. The molecule has 1 aliphatic carbocycles. The number of anilines is 1. The second-order valence-electron chi connectivity index (χ2n) is 5.32. The number of carbonyl (C=O) groups excluding carboxylic acids is 1. The molecule has 2 N–H and O–H groups in total. The van der Waals surface area contributed by atoms with Crippen molar-refractivity contribution >= 4 is 11.6 Å². The van der Waals surface area contributed by atoms with Gasteiger partial charge in [0.25, 0.3) is 5.91 Å². The maximum Gasteiger partial charge on any atom is 0.256 e. The highest BCUT2D eigenvalue weighted by atomic mass is 16.5. The molecule has 0 saturated heterocycles. The van der Waals surface area contributed by atoms with Crippen LogP contribution >= 0.6 is 0 Å². The number of nitrogens with two attached hydrogens (primary N) is 1. The monoisotopic (exact) mass is 292 g/mol. The summed E-state index contributed by atoms with van der Waals surface area (Å²) in [6.45, 7) is 2.70. The lowest BCUT2D eigenvalue weighted by molar-refractivity contribution is 0.0694. The van der Waals surface area contributed by atoms with E-state index in [1.807, 2.05) is 11.8 Å². The quantitative estimate of drug-likeness (QED) is 0.847. The summed E-state index contributed by atoms with van der Waals surface area (Å²) < 4.78 is 10.5. The fraction of sp³-hybridized carbons (Fsp3) is 0.562. The molecule has 1 saturated carbocycles. The number of nitrogen functional groups attached to an aromatic ring is 1. The van der Waals surface area contributed by atoms with E-state index in [4.69, 9.17) is 15.2 Å². The molecular weight excluding hydrogens is 268 g/mol. The molecule has 0 unspecified atom stereocenters. The third kappa shape index (κ3) is 3.06. The minimum Gasteiger partial charge on any atom is -0.493 e. The zero-order chi connectivity index (χ0) is 15.4. The molecule has 5 heteroatoms. The van der Waals surface area contributed by atoms with Crippen molar-refractivity contribution in [2.45, 2.75) is 38.6 Å². The largest absolute Gasteiger partial charge is 0.493 e. The molecule has 0 aromatic heterocycles. The first kappa shape index (κ1) is 15.5. The van der Waals surface area contributed by atoms with E-state index >= 15 is 0 Å². The summed E-state index contributed by atoms with van der Waals surface area (Å²) in [6.07, 6.45) is 4.53. The Balaban J connectivity index is 2.32. The molecule has 0 bridgehead atoms. The summed E-state index contributed by atoms with van der Waals surface area (Å²) in [5, 5.41) is 0. The molecule has 21 heavy (non-hydrogen) atoms. The van der Waals surface area contributed by atoms with E-state index in [0.29, 0.717) is 35.3 Å². The Morgan fingerprint density at radius 3 is 2.33 bits per heavy atom. The lowest BCUT2D eigenvalue weighted by atomic mass is 10.1. The van der Waals surface area contributed by atoms with Crippen molar-refractivity contribution < 1.29 is 14.3 Å². The number of hydrogen-bond acceptors (Lipinski definition) is 4.